The lowest BCUT2D eigenvalue weighted by molar-refractivity contribution is -0.196. The molecule has 3 nitrogen and oxygen atoms in total. The molecule has 2 rings (SSSR count). The van der Waals surface area contributed by atoms with E-state index in [1.165, 1.54) is 11.1 Å². The first-order valence-electron chi connectivity index (χ1n) is 9.92. The summed E-state index contributed by atoms with van der Waals surface area (Å²) < 4.78 is 5.75. The van der Waals surface area contributed by atoms with Crippen molar-refractivity contribution in [1.29, 1.82) is 0 Å². The van der Waals surface area contributed by atoms with E-state index >= 15 is 0 Å². The Hall–Kier alpha value is -2.08. The van der Waals surface area contributed by atoms with Gasteiger partial charge >= 0.3 is 5.97 Å². The zero-order valence-electron chi connectivity index (χ0n) is 17.1. The number of rotatable bonds is 5. The van der Waals surface area contributed by atoms with Gasteiger partial charge in [-0.15, -0.1) is 0 Å². The van der Waals surface area contributed by atoms with Crippen LogP contribution in [0.3, 0.4) is 0 Å². The van der Waals surface area contributed by atoms with Crippen LogP contribution in [-0.2, 0) is 14.3 Å². The van der Waals surface area contributed by atoms with E-state index in [1.54, 1.807) is 6.92 Å². The maximum atomic E-state index is 12.4. The molecular weight excluding hydrogens is 336 g/mol. The Morgan fingerprint density at radius 2 is 2.15 bits per heavy atom. The van der Waals surface area contributed by atoms with Crippen LogP contribution in [0.4, 0.5) is 0 Å². The van der Waals surface area contributed by atoms with Crippen molar-refractivity contribution in [2.75, 3.05) is 0 Å². The van der Waals surface area contributed by atoms with Crippen LogP contribution < -0.4 is 0 Å². The van der Waals surface area contributed by atoms with Gasteiger partial charge in [-0.2, -0.15) is 0 Å². The van der Waals surface area contributed by atoms with Gasteiger partial charge in [0.15, 0.2) is 0 Å². The third-order valence-electron chi connectivity index (χ3n) is 6.07. The van der Waals surface area contributed by atoms with Crippen molar-refractivity contribution in [2.24, 2.45) is 17.3 Å². The Kier molecular flexibility index (Phi) is 7.25. The molecule has 2 aliphatic carbocycles. The normalized spacial score (nSPS) is 31.9. The maximum Gasteiger partial charge on any atom is 0.384 e. The Labute approximate surface area is 163 Å². The zero-order valence-corrected chi connectivity index (χ0v) is 17.1. The lowest BCUT2D eigenvalue weighted by Gasteiger charge is -2.58. The van der Waals surface area contributed by atoms with E-state index in [4.69, 9.17) is 4.74 Å². The summed E-state index contributed by atoms with van der Waals surface area (Å²) in [5, 5.41) is 0. The first kappa shape index (κ1) is 21.2. The summed E-state index contributed by atoms with van der Waals surface area (Å²) in [5.41, 5.74) is 3.04. The van der Waals surface area contributed by atoms with Gasteiger partial charge in [0.2, 0.25) is 0 Å². The number of ether oxygens (including phenoxy) is 1. The van der Waals surface area contributed by atoms with Crippen LogP contribution in [0.1, 0.15) is 66.2 Å². The van der Waals surface area contributed by atoms with Gasteiger partial charge in [0.25, 0.3) is 0 Å². The fourth-order valence-electron chi connectivity index (χ4n) is 4.66. The second kappa shape index (κ2) is 9.22. The zero-order chi connectivity index (χ0) is 20.0. The fourth-order valence-corrected chi connectivity index (χ4v) is 4.66. The highest BCUT2D eigenvalue weighted by molar-refractivity contribution is 5.88. The van der Waals surface area contributed by atoms with E-state index in [1.807, 2.05) is 0 Å². The molecule has 0 spiro atoms. The topological polar surface area (TPSA) is 43.4 Å². The van der Waals surface area contributed by atoms with E-state index in [0.29, 0.717) is 6.42 Å². The van der Waals surface area contributed by atoms with E-state index in [-0.39, 0.29) is 11.8 Å². The van der Waals surface area contributed by atoms with Crippen molar-refractivity contribution in [1.82, 2.24) is 0 Å². The van der Waals surface area contributed by atoms with Crippen LogP contribution in [0.5, 0.6) is 0 Å². The second-order valence-corrected chi connectivity index (χ2v) is 8.17. The number of esters is 1. The Morgan fingerprint density at radius 1 is 1.41 bits per heavy atom. The molecule has 3 heteroatoms. The molecule has 0 bridgehead atoms. The van der Waals surface area contributed by atoms with Gasteiger partial charge in [-0.1, -0.05) is 41.4 Å². The highest BCUT2D eigenvalue weighted by atomic mass is 16.5. The first-order valence-corrected chi connectivity index (χ1v) is 9.92. The Bertz CT molecular complexity index is 712. The summed E-state index contributed by atoms with van der Waals surface area (Å²) in [4.78, 5) is 24.5. The smallest absolute Gasteiger partial charge is 0.384 e. The van der Waals surface area contributed by atoms with Crippen LogP contribution in [0, 0.1) is 29.1 Å². The van der Waals surface area contributed by atoms with Gasteiger partial charge < -0.3 is 9.53 Å². The number of carbonyl (C=O) groups excluding carboxylic acids is 2. The molecule has 2 aliphatic rings. The second-order valence-electron chi connectivity index (χ2n) is 8.17. The van der Waals surface area contributed by atoms with Crippen molar-refractivity contribution >= 4 is 12.3 Å². The number of fused-ring (bicyclic) bond motifs is 1. The molecule has 1 saturated carbocycles. The molecule has 4 atom stereocenters. The van der Waals surface area contributed by atoms with Crippen molar-refractivity contribution in [3.63, 3.8) is 0 Å². The predicted molar refractivity (Wildman–Crippen MR) is 109 cm³/mol. The van der Waals surface area contributed by atoms with E-state index in [0.717, 1.165) is 44.0 Å². The summed E-state index contributed by atoms with van der Waals surface area (Å²) in [6.45, 7) is 12.2. The molecule has 0 heterocycles. The minimum absolute atomic E-state index is 0.0452. The van der Waals surface area contributed by atoms with Crippen molar-refractivity contribution in [3.8, 4) is 11.8 Å². The molecule has 0 aliphatic heterocycles. The first-order chi connectivity index (χ1) is 12.9. The van der Waals surface area contributed by atoms with Crippen molar-refractivity contribution in [3.05, 3.63) is 35.5 Å². The van der Waals surface area contributed by atoms with Crippen LogP contribution in [0.25, 0.3) is 0 Å². The third-order valence-corrected chi connectivity index (χ3v) is 6.07. The standard InChI is InChI=1S/C24H32O3/c1-6-9-21(26)27-23-22-19(5)12-7-11-18(4)13-14-20(22)24(23,16-25)15-8-10-17(2)3/h10-11,16,20,22-23H,5,7-8,12-15H2,1-4H3/b18-11-/t20-,22-,23+,24-/m0/s1. The molecule has 0 radical (unpaired) electrons. The largest absolute Gasteiger partial charge is 0.451 e. The minimum Gasteiger partial charge on any atom is -0.451 e. The third kappa shape index (κ3) is 4.61. The summed E-state index contributed by atoms with van der Waals surface area (Å²) in [7, 11) is 0. The average molecular weight is 369 g/mol. The van der Waals surface area contributed by atoms with E-state index < -0.39 is 17.5 Å². The molecule has 0 N–H and O–H groups in total. The van der Waals surface area contributed by atoms with Gasteiger partial charge in [-0.3, -0.25) is 0 Å². The maximum absolute atomic E-state index is 12.4. The predicted octanol–water partition coefficient (Wildman–Crippen LogP) is 5.18. The van der Waals surface area contributed by atoms with Gasteiger partial charge in [-0.25, -0.2) is 4.79 Å². The molecule has 1 fully saturated rings. The molecule has 0 saturated heterocycles. The fraction of sp³-hybridized carbons (Fsp3) is 0.583. The van der Waals surface area contributed by atoms with Crippen LogP contribution >= 0.6 is 0 Å². The molecule has 146 valence electrons. The van der Waals surface area contributed by atoms with Gasteiger partial charge in [-0.05, 0) is 72.1 Å². The quantitative estimate of drug-likeness (QED) is 0.221. The summed E-state index contributed by atoms with van der Waals surface area (Å²) in [6.07, 6.45) is 10.2. The lowest BCUT2D eigenvalue weighted by Crippen LogP contribution is -2.63. The van der Waals surface area contributed by atoms with Gasteiger partial charge in [0.05, 0.1) is 5.41 Å². The minimum atomic E-state index is -0.644. The van der Waals surface area contributed by atoms with Gasteiger partial charge in [0, 0.05) is 11.8 Å². The van der Waals surface area contributed by atoms with Crippen molar-refractivity contribution in [2.45, 2.75) is 72.3 Å². The number of aldehydes is 1. The average Bonchev–Trinajstić information content (AvgIpc) is 2.66. The molecule has 27 heavy (non-hydrogen) atoms. The highest BCUT2D eigenvalue weighted by Crippen LogP contribution is 2.59. The SMILES string of the molecule is C=C1CC/C=C(/C)CC[C@H]2[C@H]1[C@@H](OC(=O)C#CC)[C@]2(C=O)CCC=C(C)C. The number of hydrogen-bond donors (Lipinski definition) is 0. The molecule has 0 aromatic carbocycles. The molecular formula is C24H32O3. The van der Waals surface area contributed by atoms with Crippen LogP contribution in [-0.4, -0.2) is 18.4 Å². The van der Waals surface area contributed by atoms with Crippen LogP contribution in [0.15, 0.2) is 35.5 Å². The summed E-state index contributed by atoms with van der Waals surface area (Å²) in [5.74, 6) is 4.72. The molecule has 0 unspecified atom stereocenters. The lowest BCUT2D eigenvalue weighted by atomic mass is 9.47. The molecule has 0 aromatic rings. The number of hydrogen-bond acceptors (Lipinski definition) is 3. The van der Waals surface area contributed by atoms with Crippen LogP contribution in [0.2, 0.25) is 0 Å². The number of carbonyl (C=O) groups is 2. The number of allylic oxidation sites excluding steroid dienone is 4. The Morgan fingerprint density at radius 3 is 2.78 bits per heavy atom. The van der Waals surface area contributed by atoms with Crippen molar-refractivity contribution < 1.29 is 14.3 Å². The van der Waals surface area contributed by atoms with E-state index in [2.05, 4.69) is 51.3 Å². The Balaban J connectivity index is 2.36. The van der Waals surface area contributed by atoms with Gasteiger partial charge in [0.1, 0.15) is 12.4 Å². The molecule has 0 aromatic heterocycles. The summed E-state index contributed by atoms with van der Waals surface area (Å²) >= 11 is 0. The monoisotopic (exact) mass is 368 g/mol. The molecule has 0 amide bonds. The summed E-state index contributed by atoms with van der Waals surface area (Å²) in [6, 6.07) is 0. The van der Waals surface area contributed by atoms with E-state index in [9.17, 15) is 9.59 Å². The highest BCUT2D eigenvalue weighted by Gasteiger charge is 2.63.